The third-order valence-corrected chi connectivity index (χ3v) is 5.43. The van der Waals surface area contributed by atoms with E-state index in [2.05, 4.69) is 21.2 Å². The van der Waals surface area contributed by atoms with E-state index in [4.69, 9.17) is 14.5 Å². The summed E-state index contributed by atoms with van der Waals surface area (Å²) in [5, 5.41) is 21.8. The lowest BCUT2D eigenvalue weighted by molar-refractivity contribution is 0.143. The third kappa shape index (κ3) is 6.62. The van der Waals surface area contributed by atoms with Gasteiger partial charge >= 0.3 is 6.01 Å². The number of anilines is 1. The molecule has 2 aromatic heterocycles. The molecule has 168 valence electrons. The van der Waals surface area contributed by atoms with E-state index in [1.54, 1.807) is 18.5 Å². The van der Waals surface area contributed by atoms with Crippen LogP contribution in [0.25, 0.3) is 0 Å². The third-order valence-electron chi connectivity index (χ3n) is 5.43. The van der Waals surface area contributed by atoms with Crippen LogP contribution in [-0.4, -0.2) is 45.5 Å². The summed E-state index contributed by atoms with van der Waals surface area (Å²) in [6, 6.07) is 4.21. The van der Waals surface area contributed by atoms with Gasteiger partial charge < -0.3 is 19.3 Å². The molecule has 3 heterocycles. The molecule has 0 bridgehead atoms. The number of hydrogen-bond donors (Lipinski definition) is 1. The molecule has 0 amide bonds. The molecule has 0 aromatic carbocycles. The van der Waals surface area contributed by atoms with Crippen molar-refractivity contribution in [2.75, 3.05) is 18.0 Å². The van der Waals surface area contributed by atoms with Crippen molar-refractivity contribution in [3.8, 4) is 11.8 Å². The SMILES string of the molecule is CC(C)(F)c1noc(N2CCC(O)CC2)n1.N#Cc1cnccc1OC1CCCCC1. The molecule has 0 spiro atoms. The maximum Gasteiger partial charge on any atom is 0.324 e. The highest BCUT2D eigenvalue weighted by Crippen LogP contribution is 2.26. The van der Waals surface area contributed by atoms with Crippen molar-refractivity contribution in [1.29, 1.82) is 5.26 Å². The lowest BCUT2D eigenvalue weighted by Crippen LogP contribution is -2.36. The summed E-state index contributed by atoms with van der Waals surface area (Å²) in [5.74, 6) is 0.744. The number of nitrogens with zero attached hydrogens (tertiary/aromatic N) is 5. The monoisotopic (exact) mass is 431 g/mol. The number of ether oxygens (including phenoxy) is 1. The maximum atomic E-state index is 13.5. The van der Waals surface area contributed by atoms with Crippen molar-refractivity contribution in [3.05, 3.63) is 29.8 Å². The Kier molecular flexibility index (Phi) is 7.80. The van der Waals surface area contributed by atoms with Crippen LogP contribution in [0.3, 0.4) is 0 Å². The molecule has 1 aliphatic carbocycles. The molecule has 4 rings (SSSR count). The van der Waals surface area contributed by atoms with Gasteiger partial charge in [0.05, 0.1) is 12.2 Å². The van der Waals surface area contributed by atoms with E-state index in [1.165, 1.54) is 33.1 Å². The molecule has 31 heavy (non-hydrogen) atoms. The molecule has 1 N–H and O–H groups in total. The standard InChI is InChI=1S/C12H14N2O.C10H16FN3O2/c13-8-10-9-14-7-6-12(10)15-11-4-2-1-3-5-11;1-10(2,11)8-12-9(16-13-8)14-5-3-7(15)4-6-14/h6-7,9,11H,1-5H2;7,15H,3-6H2,1-2H3. The number of hydrogen-bond acceptors (Lipinski definition) is 8. The zero-order valence-electron chi connectivity index (χ0n) is 18.1. The first-order valence-electron chi connectivity index (χ1n) is 10.8. The van der Waals surface area contributed by atoms with Crippen molar-refractivity contribution in [2.45, 2.75) is 76.7 Å². The molecule has 1 aliphatic heterocycles. The van der Waals surface area contributed by atoms with E-state index in [0.29, 0.717) is 43.3 Å². The Morgan fingerprint density at radius 1 is 1.23 bits per heavy atom. The summed E-state index contributed by atoms with van der Waals surface area (Å²) in [7, 11) is 0. The van der Waals surface area contributed by atoms with Crippen LogP contribution in [0.1, 0.15) is 70.2 Å². The first-order chi connectivity index (χ1) is 14.9. The minimum absolute atomic E-state index is 0.0635. The fraction of sp³-hybridized carbons (Fsp3) is 0.636. The highest BCUT2D eigenvalue weighted by atomic mass is 19.1. The Morgan fingerprint density at radius 3 is 2.55 bits per heavy atom. The highest BCUT2D eigenvalue weighted by molar-refractivity contribution is 5.40. The predicted molar refractivity (Wildman–Crippen MR) is 112 cm³/mol. The second-order valence-electron chi connectivity index (χ2n) is 8.45. The Balaban J connectivity index is 0.000000176. The van der Waals surface area contributed by atoms with E-state index in [1.807, 2.05) is 4.90 Å². The minimum Gasteiger partial charge on any atom is -0.489 e. The number of piperidine rings is 1. The van der Waals surface area contributed by atoms with E-state index >= 15 is 0 Å². The number of aromatic nitrogens is 3. The molecule has 8 nitrogen and oxygen atoms in total. The van der Waals surface area contributed by atoms with E-state index in [9.17, 15) is 9.50 Å². The van der Waals surface area contributed by atoms with Gasteiger partial charge in [-0.3, -0.25) is 4.98 Å². The highest BCUT2D eigenvalue weighted by Gasteiger charge is 2.28. The maximum absolute atomic E-state index is 13.5. The summed E-state index contributed by atoms with van der Waals surface area (Å²) in [6.07, 6.45) is 10.6. The Morgan fingerprint density at radius 2 is 1.94 bits per heavy atom. The lowest BCUT2D eigenvalue weighted by atomic mass is 9.98. The normalized spacial score (nSPS) is 18.1. The first kappa shape index (κ1) is 22.9. The zero-order valence-corrected chi connectivity index (χ0v) is 18.1. The molecule has 1 saturated carbocycles. The first-order valence-corrected chi connectivity index (χ1v) is 10.8. The van der Waals surface area contributed by atoms with Crippen molar-refractivity contribution in [2.24, 2.45) is 0 Å². The summed E-state index contributed by atoms with van der Waals surface area (Å²) >= 11 is 0. The number of rotatable bonds is 4. The van der Waals surface area contributed by atoms with Gasteiger partial charge in [0, 0.05) is 25.5 Å². The Labute approximate surface area is 182 Å². The molecule has 0 unspecified atom stereocenters. The molecule has 2 aromatic rings. The van der Waals surface area contributed by atoms with Crippen LogP contribution < -0.4 is 9.64 Å². The molecule has 2 aliphatic rings. The van der Waals surface area contributed by atoms with E-state index in [-0.39, 0.29) is 18.0 Å². The largest absolute Gasteiger partial charge is 0.489 e. The average molecular weight is 432 g/mol. The number of pyridine rings is 1. The quantitative estimate of drug-likeness (QED) is 0.776. The van der Waals surface area contributed by atoms with Gasteiger partial charge in [0.1, 0.15) is 17.4 Å². The summed E-state index contributed by atoms with van der Waals surface area (Å²) < 4.78 is 24.3. The molecule has 9 heteroatoms. The van der Waals surface area contributed by atoms with Crippen molar-refractivity contribution in [3.63, 3.8) is 0 Å². The van der Waals surface area contributed by atoms with Gasteiger partial charge in [-0.25, -0.2) is 4.39 Å². The number of alkyl halides is 1. The number of nitriles is 1. The van der Waals surface area contributed by atoms with Crippen LogP contribution >= 0.6 is 0 Å². The van der Waals surface area contributed by atoms with Gasteiger partial charge in [0.15, 0.2) is 5.67 Å². The van der Waals surface area contributed by atoms with Gasteiger partial charge in [0.2, 0.25) is 5.82 Å². The van der Waals surface area contributed by atoms with Gasteiger partial charge in [-0.05, 0) is 58.4 Å². The van der Waals surface area contributed by atoms with Gasteiger partial charge in [-0.1, -0.05) is 11.6 Å². The zero-order chi connectivity index (χ0) is 22.3. The number of halogens is 1. The van der Waals surface area contributed by atoms with Gasteiger partial charge in [-0.15, -0.1) is 0 Å². The molecule has 2 fully saturated rings. The molecular formula is C22H30FN5O3. The minimum atomic E-state index is -1.59. The second-order valence-corrected chi connectivity index (χ2v) is 8.45. The molecule has 0 radical (unpaired) electrons. The van der Waals surface area contributed by atoms with Crippen molar-refractivity contribution in [1.82, 2.24) is 15.1 Å². The summed E-state index contributed by atoms with van der Waals surface area (Å²) in [5.41, 5.74) is -1.06. The average Bonchev–Trinajstić information content (AvgIpc) is 3.27. The van der Waals surface area contributed by atoms with Crippen molar-refractivity contribution >= 4 is 6.01 Å². The van der Waals surface area contributed by atoms with Crippen LogP contribution in [0.2, 0.25) is 0 Å². The fourth-order valence-corrected chi connectivity index (χ4v) is 3.57. The van der Waals surface area contributed by atoms with Crippen LogP contribution in [0.15, 0.2) is 23.0 Å². The Hall–Kier alpha value is -2.73. The molecular weight excluding hydrogens is 401 g/mol. The van der Waals surface area contributed by atoms with Gasteiger partial charge in [-0.2, -0.15) is 10.2 Å². The summed E-state index contributed by atoms with van der Waals surface area (Å²) in [6.45, 7) is 4.11. The van der Waals surface area contributed by atoms with Crippen LogP contribution in [0, 0.1) is 11.3 Å². The molecule has 1 saturated heterocycles. The number of aliphatic hydroxyl groups excluding tert-OH is 1. The Bertz CT molecular complexity index is 863. The topological polar surface area (TPSA) is 108 Å². The van der Waals surface area contributed by atoms with Gasteiger partial charge in [0.25, 0.3) is 0 Å². The number of aliphatic hydroxyl groups is 1. The van der Waals surface area contributed by atoms with Crippen LogP contribution in [-0.2, 0) is 5.67 Å². The van der Waals surface area contributed by atoms with Crippen molar-refractivity contribution < 1.29 is 18.8 Å². The fourth-order valence-electron chi connectivity index (χ4n) is 3.57. The lowest BCUT2D eigenvalue weighted by Gasteiger charge is -2.27. The predicted octanol–water partition coefficient (Wildman–Crippen LogP) is 3.90. The second kappa shape index (κ2) is 10.5. The summed E-state index contributed by atoms with van der Waals surface area (Å²) in [4.78, 5) is 9.80. The molecule has 0 atom stereocenters. The smallest absolute Gasteiger partial charge is 0.324 e. The van der Waals surface area contributed by atoms with E-state index < -0.39 is 5.67 Å². The van der Waals surface area contributed by atoms with E-state index in [0.717, 1.165) is 12.8 Å². The van der Waals surface area contributed by atoms with Crippen LogP contribution in [0.5, 0.6) is 5.75 Å². The van der Waals surface area contributed by atoms with Crippen LogP contribution in [0.4, 0.5) is 10.4 Å².